The van der Waals surface area contributed by atoms with Gasteiger partial charge < -0.3 is 0 Å². The van der Waals surface area contributed by atoms with Crippen molar-refractivity contribution in [3.05, 3.63) is 26.0 Å². The Morgan fingerprint density at radius 2 is 2.00 bits per heavy atom. The summed E-state index contributed by atoms with van der Waals surface area (Å²) in [4.78, 5) is 3.89. The molecule has 0 spiro atoms. The van der Waals surface area contributed by atoms with Crippen LogP contribution in [0.5, 0.6) is 0 Å². The molecule has 0 radical (unpaired) electrons. The summed E-state index contributed by atoms with van der Waals surface area (Å²) in [6, 6.07) is 3.38. The summed E-state index contributed by atoms with van der Waals surface area (Å²) in [6.45, 7) is 0. The van der Waals surface area contributed by atoms with Crippen LogP contribution in [0.1, 0.15) is 0 Å². The standard InChI is InChI=1S/C5H2Cl2IN/c6-3-1-2-4(7)9-5(3)8/h1-2H. The molecule has 0 saturated carbocycles. The van der Waals surface area contributed by atoms with E-state index in [1.54, 1.807) is 12.1 Å². The molecule has 1 aromatic heterocycles. The van der Waals surface area contributed by atoms with Crippen molar-refractivity contribution in [2.75, 3.05) is 0 Å². The van der Waals surface area contributed by atoms with Gasteiger partial charge in [-0.3, -0.25) is 0 Å². The molecule has 4 heteroatoms. The number of rotatable bonds is 0. The molecule has 0 aliphatic rings. The Morgan fingerprint density at radius 3 is 2.44 bits per heavy atom. The van der Waals surface area contributed by atoms with Crippen molar-refractivity contribution in [2.24, 2.45) is 0 Å². The highest BCUT2D eigenvalue weighted by Gasteiger charge is 1.96. The molecule has 0 amide bonds. The van der Waals surface area contributed by atoms with E-state index in [1.807, 2.05) is 22.6 Å². The highest BCUT2D eigenvalue weighted by molar-refractivity contribution is 14.1. The van der Waals surface area contributed by atoms with E-state index in [-0.39, 0.29) is 0 Å². The second-order valence-corrected chi connectivity index (χ2v) is 3.22. The lowest BCUT2D eigenvalue weighted by Crippen LogP contribution is -1.80. The maximum absolute atomic E-state index is 5.65. The predicted molar refractivity (Wildman–Crippen MR) is 47.0 cm³/mol. The fraction of sp³-hybridized carbons (Fsp3) is 0. The Balaban J connectivity index is 3.17. The first-order valence-corrected chi connectivity index (χ1v) is 4.01. The maximum atomic E-state index is 5.65. The Labute approximate surface area is 76.5 Å². The van der Waals surface area contributed by atoms with Crippen LogP contribution in [-0.2, 0) is 0 Å². The van der Waals surface area contributed by atoms with Crippen LogP contribution in [0.15, 0.2) is 12.1 Å². The van der Waals surface area contributed by atoms with E-state index in [0.29, 0.717) is 10.2 Å². The zero-order chi connectivity index (χ0) is 6.85. The van der Waals surface area contributed by atoms with Crippen LogP contribution in [0.25, 0.3) is 0 Å². The van der Waals surface area contributed by atoms with Gasteiger partial charge in [0.25, 0.3) is 0 Å². The van der Waals surface area contributed by atoms with Crippen molar-refractivity contribution in [3.63, 3.8) is 0 Å². The van der Waals surface area contributed by atoms with Gasteiger partial charge in [-0.1, -0.05) is 23.2 Å². The average molecular weight is 274 g/mol. The molecule has 0 atom stereocenters. The number of aromatic nitrogens is 1. The normalized spacial score (nSPS) is 9.67. The molecule has 48 valence electrons. The molecular formula is C5H2Cl2IN. The minimum atomic E-state index is 0.476. The van der Waals surface area contributed by atoms with E-state index >= 15 is 0 Å². The van der Waals surface area contributed by atoms with Gasteiger partial charge in [-0.2, -0.15) is 0 Å². The molecule has 0 bridgehead atoms. The van der Waals surface area contributed by atoms with E-state index < -0.39 is 0 Å². The third kappa shape index (κ3) is 1.95. The number of nitrogens with zero attached hydrogens (tertiary/aromatic N) is 1. The predicted octanol–water partition coefficient (Wildman–Crippen LogP) is 2.99. The molecule has 1 heterocycles. The smallest absolute Gasteiger partial charge is 0.130 e. The van der Waals surface area contributed by atoms with E-state index in [9.17, 15) is 0 Å². The second-order valence-electron chi connectivity index (χ2n) is 1.41. The average Bonchev–Trinajstić information content (AvgIpc) is 1.80. The van der Waals surface area contributed by atoms with Crippen molar-refractivity contribution in [1.82, 2.24) is 4.98 Å². The molecule has 0 unspecified atom stereocenters. The Bertz CT molecular complexity index is 226. The highest BCUT2D eigenvalue weighted by Crippen LogP contribution is 2.17. The largest absolute Gasteiger partial charge is 0.229 e. The maximum Gasteiger partial charge on any atom is 0.130 e. The second kappa shape index (κ2) is 3.03. The minimum absolute atomic E-state index is 0.476. The molecule has 9 heavy (non-hydrogen) atoms. The van der Waals surface area contributed by atoms with Crippen molar-refractivity contribution in [1.29, 1.82) is 0 Å². The van der Waals surface area contributed by atoms with E-state index in [4.69, 9.17) is 23.2 Å². The molecule has 0 N–H and O–H groups in total. The fourth-order valence-corrected chi connectivity index (χ4v) is 1.23. The van der Waals surface area contributed by atoms with E-state index in [0.717, 1.165) is 3.70 Å². The Kier molecular flexibility index (Phi) is 2.55. The molecule has 0 aliphatic heterocycles. The molecule has 0 saturated heterocycles. The zero-order valence-corrected chi connectivity index (χ0v) is 7.91. The first kappa shape index (κ1) is 7.57. The lowest BCUT2D eigenvalue weighted by atomic mass is 10.5. The van der Waals surface area contributed by atoms with Gasteiger partial charge in [0.15, 0.2) is 0 Å². The molecule has 0 aromatic carbocycles. The molecule has 1 rings (SSSR count). The summed E-state index contributed by atoms with van der Waals surface area (Å²) >= 11 is 13.2. The molecule has 0 aliphatic carbocycles. The molecular weight excluding hydrogens is 272 g/mol. The van der Waals surface area contributed by atoms with Gasteiger partial charge in [0.2, 0.25) is 0 Å². The summed E-state index contributed by atoms with van der Waals surface area (Å²) in [5, 5.41) is 1.11. The number of halogens is 3. The van der Waals surface area contributed by atoms with Crippen LogP contribution in [0, 0.1) is 3.70 Å². The van der Waals surface area contributed by atoms with Crippen molar-refractivity contribution in [3.8, 4) is 0 Å². The SMILES string of the molecule is Clc1ccc(Cl)c(I)n1. The quantitative estimate of drug-likeness (QED) is 0.523. The summed E-state index contributed by atoms with van der Waals surface area (Å²) in [5.41, 5.74) is 0. The minimum Gasteiger partial charge on any atom is -0.229 e. The van der Waals surface area contributed by atoms with E-state index in [1.165, 1.54) is 0 Å². The van der Waals surface area contributed by atoms with Gasteiger partial charge in [0.1, 0.15) is 8.85 Å². The number of hydrogen-bond acceptors (Lipinski definition) is 1. The summed E-state index contributed by atoms with van der Waals surface area (Å²) in [6.07, 6.45) is 0. The van der Waals surface area contributed by atoms with Crippen molar-refractivity contribution in [2.45, 2.75) is 0 Å². The van der Waals surface area contributed by atoms with Gasteiger partial charge in [0, 0.05) is 0 Å². The molecule has 1 nitrogen and oxygen atoms in total. The first-order valence-electron chi connectivity index (χ1n) is 2.17. The lowest BCUT2D eigenvalue weighted by molar-refractivity contribution is 1.27. The van der Waals surface area contributed by atoms with Gasteiger partial charge in [0.05, 0.1) is 5.02 Å². The third-order valence-electron chi connectivity index (χ3n) is 0.769. The first-order chi connectivity index (χ1) is 4.20. The summed E-state index contributed by atoms with van der Waals surface area (Å²) in [5.74, 6) is 0. The topological polar surface area (TPSA) is 12.9 Å². The lowest BCUT2D eigenvalue weighted by Gasteiger charge is -1.92. The Morgan fingerprint density at radius 1 is 1.33 bits per heavy atom. The zero-order valence-electron chi connectivity index (χ0n) is 4.24. The third-order valence-corrected chi connectivity index (χ3v) is 2.43. The van der Waals surface area contributed by atoms with Crippen LogP contribution in [0.2, 0.25) is 10.2 Å². The number of pyridine rings is 1. The fourth-order valence-electron chi connectivity index (χ4n) is 0.395. The molecule has 1 aromatic rings. The van der Waals surface area contributed by atoms with Crippen molar-refractivity contribution < 1.29 is 0 Å². The van der Waals surface area contributed by atoms with Crippen LogP contribution >= 0.6 is 45.8 Å². The van der Waals surface area contributed by atoms with Gasteiger partial charge >= 0.3 is 0 Å². The Hall–Kier alpha value is 0.460. The van der Waals surface area contributed by atoms with Crippen molar-refractivity contribution >= 4 is 45.8 Å². The van der Waals surface area contributed by atoms with Gasteiger partial charge in [-0.25, -0.2) is 4.98 Å². The van der Waals surface area contributed by atoms with Gasteiger partial charge in [-0.05, 0) is 34.7 Å². The van der Waals surface area contributed by atoms with Crippen LogP contribution < -0.4 is 0 Å². The molecule has 0 fully saturated rings. The van der Waals surface area contributed by atoms with Gasteiger partial charge in [-0.15, -0.1) is 0 Å². The highest BCUT2D eigenvalue weighted by atomic mass is 127. The van der Waals surface area contributed by atoms with E-state index in [2.05, 4.69) is 4.98 Å². The van der Waals surface area contributed by atoms with Crippen LogP contribution in [0.3, 0.4) is 0 Å². The summed E-state index contributed by atoms with van der Waals surface area (Å²) < 4.78 is 0.738. The van der Waals surface area contributed by atoms with Crippen LogP contribution in [-0.4, -0.2) is 4.98 Å². The summed E-state index contributed by atoms with van der Waals surface area (Å²) in [7, 11) is 0. The van der Waals surface area contributed by atoms with Crippen LogP contribution in [0.4, 0.5) is 0 Å². The number of hydrogen-bond donors (Lipinski definition) is 0. The monoisotopic (exact) mass is 273 g/mol.